The number of carbonyl (C=O) groups excluding carboxylic acids is 1. The maximum absolute atomic E-state index is 13.1. The number of aliphatic hydroxyl groups is 1. The van der Waals surface area contributed by atoms with E-state index in [-0.39, 0.29) is 18.7 Å². The standard InChI is InChI=1S/C12H14F2N2O2/c13-9-3-2-8(6-10(9)14)11-7-16(4-1-5-17)12(18)15-11/h2-3,6,11,17H,1,4-5,7H2,(H,15,18). The molecule has 1 aliphatic rings. The lowest BCUT2D eigenvalue weighted by atomic mass is 10.1. The van der Waals surface area contributed by atoms with Gasteiger partial charge >= 0.3 is 6.03 Å². The fourth-order valence-electron chi connectivity index (χ4n) is 1.96. The summed E-state index contributed by atoms with van der Waals surface area (Å²) >= 11 is 0. The van der Waals surface area contributed by atoms with Crippen molar-refractivity contribution in [1.82, 2.24) is 10.2 Å². The molecule has 2 rings (SSSR count). The number of halogens is 2. The van der Waals surface area contributed by atoms with Crippen molar-refractivity contribution in [3.8, 4) is 0 Å². The summed E-state index contributed by atoms with van der Waals surface area (Å²) in [6.07, 6.45) is 0.498. The van der Waals surface area contributed by atoms with Crippen molar-refractivity contribution in [2.45, 2.75) is 12.5 Å². The molecule has 0 aromatic heterocycles. The minimum Gasteiger partial charge on any atom is -0.396 e. The van der Waals surface area contributed by atoms with Gasteiger partial charge < -0.3 is 15.3 Å². The zero-order valence-electron chi connectivity index (χ0n) is 9.70. The van der Waals surface area contributed by atoms with Crippen molar-refractivity contribution in [2.75, 3.05) is 19.7 Å². The first kappa shape index (κ1) is 12.8. The van der Waals surface area contributed by atoms with E-state index in [0.717, 1.165) is 12.1 Å². The molecule has 1 aromatic rings. The third kappa shape index (κ3) is 2.59. The predicted octanol–water partition coefficient (Wildman–Crippen LogP) is 1.41. The Hall–Kier alpha value is -1.69. The summed E-state index contributed by atoms with van der Waals surface area (Å²) < 4.78 is 25.9. The van der Waals surface area contributed by atoms with Crippen molar-refractivity contribution in [1.29, 1.82) is 0 Å². The van der Waals surface area contributed by atoms with Gasteiger partial charge in [-0.1, -0.05) is 6.07 Å². The molecule has 0 aliphatic carbocycles. The minimum atomic E-state index is -0.921. The van der Waals surface area contributed by atoms with Crippen LogP contribution in [0.2, 0.25) is 0 Å². The molecule has 0 spiro atoms. The quantitative estimate of drug-likeness (QED) is 0.856. The monoisotopic (exact) mass is 256 g/mol. The van der Waals surface area contributed by atoms with Gasteiger partial charge in [-0.25, -0.2) is 13.6 Å². The largest absolute Gasteiger partial charge is 0.396 e. The van der Waals surface area contributed by atoms with Crippen LogP contribution < -0.4 is 5.32 Å². The van der Waals surface area contributed by atoms with Crippen LogP contribution in [0.5, 0.6) is 0 Å². The lowest BCUT2D eigenvalue weighted by molar-refractivity contribution is 0.209. The molecule has 1 unspecified atom stereocenters. The van der Waals surface area contributed by atoms with Gasteiger partial charge in [0.15, 0.2) is 11.6 Å². The Labute approximate surface area is 103 Å². The molecule has 1 heterocycles. The van der Waals surface area contributed by atoms with Gasteiger partial charge in [0.05, 0.1) is 6.04 Å². The smallest absolute Gasteiger partial charge is 0.318 e. The van der Waals surface area contributed by atoms with E-state index >= 15 is 0 Å². The van der Waals surface area contributed by atoms with Crippen LogP contribution in [0.4, 0.5) is 13.6 Å². The van der Waals surface area contributed by atoms with Crippen LogP contribution in [0.1, 0.15) is 18.0 Å². The van der Waals surface area contributed by atoms with E-state index in [2.05, 4.69) is 5.32 Å². The van der Waals surface area contributed by atoms with E-state index in [0.29, 0.717) is 25.1 Å². The average molecular weight is 256 g/mol. The number of urea groups is 1. The highest BCUT2D eigenvalue weighted by molar-refractivity contribution is 5.77. The lowest BCUT2D eigenvalue weighted by Crippen LogP contribution is -2.29. The molecule has 0 radical (unpaired) electrons. The molecule has 2 amide bonds. The molecular formula is C12H14F2N2O2. The zero-order chi connectivity index (χ0) is 13.1. The predicted molar refractivity (Wildman–Crippen MR) is 60.9 cm³/mol. The van der Waals surface area contributed by atoms with Crippen LogP contribution >= 0.6 is 0 Å². The minimum absolute atomic E-state index is 0.0135. The SMILES string of the molecule is O=C1NC(c2ccc(F)c(F)c2)CN1CCCO. The molecule has 4 nitrogen and oxygen atoms in total. The fraction of sp³-hybridized carbons (Fsp3) is 0.417. The Morgan fingerprint density at radius 1 is 1.39 bits per heavy atom. The maximum Gasteiger partial charge on any atom is 0.318 e. The number of aliphatic hydroxyl groups excluding tert-OH is 1. The van der Waals surface area contributed by atoms with Crippen LogP contribution in [0.15, 0.2) is 18.2 Å². The van der Waals surface area contributed by atoms with E-state index in [1.807, 2.05) is 0 Å². The number of hydrogen-bond acceptors (Lipinski definition) is 2. The normalized spacial score (nSPS) is 19.2. The first-order valence-electron chi connectivity index (χ1n) is 5.73. The van der Waals surface area contributed by atoms with Crippen molar-refractivity contribution in [3.05, 3.63) is 35.4 Å². The van der Waals surface area contributed by atoms with E-state index in [9.17, 15) is 13.6 Å². The molecule has 98 valence electrons. The Kier molecular flexibility index (Phi) is 3.76. The summed E-state index contributed by atoms with van der Waals surface area (Å²) in [6.45, 7) is 0.853. The Balaban J connectivity index is 2.07. The van der Waals surface area contributed by atoms with E-state index in [1.165, 1.54) is 6.07 Å². The Morgan fingerprint density at radius 2 is 2.17 bits per heavy atom. The molecule has 0 bridgehead atoms. The molecule has 1 aromatic carbocycles. The first-order chi connectivity index (χ1) is 8.61. The van der Waals surface area contributed by atoms with E-state index < -0.39 is 11.6 Å². The molecule has 1 fully saturated rings. The summed E-state index contributed by atoms with van der Waals surface area (Å²) in [4.78, 5) is 13.1. The van der Waals surface area contributed by atoms with Crippen LogP contribution in [-0.4, -0.2) is 35.7 Å². The highest BCUT2D eigenvalue weighted by Crippen LogP contribution is 2.22. The second-order valence-corrected chi connectivity index (χ2v) is 4.20. The molecule has 6 heteroatoms. The van der Waals surface area contributed by atoms with E-state index in [1.54, 1.807) is 4.90 Å². The van der Waals surface area contributed by atoms with Gasteiger partial charge in [0.2, 0.25) is 0 Å². The van der Waals surface area contributed by atoms with Gasteiger partial charge in [0.1, 0.15) is 0 Å². The number of carbonyl (C=O) groups is 1. The average Bonchev–Trinajstić information content (AvgIpc) is 2.72. The van der Waals surface area contributed by atoms with Gasteiger partial charge in [-0.15, -0.1) is 0 Å². The number of amides is 2. The second-order valence-electron chi connectivity index (χ2n) is 4.20. The summed E-state index contributed by atoms with van der Waals surface area (Å²) in [5.74, 6) is -1.82. The van der Waals surface area contributed by atoms with Crippen LogP contribution in [0.25, 0.3) is 0 Å². The highest BCUT2D eigenvalue weighted by atomic mass is 19.2. The lowest BCUT2D eigenvalue weighted by Gasteiger charge is -2.13. The fourth-order valence-corrected chi connectivity index (χ4v) is 1.96. The van der Waals surface area contributed by atoms with Gasteiger partial charge in [-0.2, -0.15) is 0 Å². The molecule has 1 atom stereocenters. The maximum atomic E-state index is 13.1. The number of hydrogen-bond donors (Lipinski definition) is 2. The van der Waals surface area contributed by atoms with Crippen LogP contribution in [0, 0.1) is 11.6 Å². The van der Waals surface area contributed by atoms with Crippen molar-refractivity contribution in [3.63, 3.8) is 0 Å². The number of rotatable bonds is 4. The molecule has 18 heavy (non-hydrogen) atoms. The van der Waals surface area contributed by atoms with Gasteiger partial charge in [-0.3, -0.25) is 0 Å². The number of nitrogens with one attached hydrogen (secondary N) is 1. The number of nitrogens with zero attached hydrogens (tertiary/aromatic N) is 1. The van der Waals surface area contributed by atoms with Gasteiger partial charge in [-0.05, 0) is 24.1 Å². The third-order valence-electron chi connectivity index (χ3n) is 2.92. The van der Waals surface area contributed by atoms with Crippen LogP contribution in [0.3, 0.4) is 0 Å². The second kappa shape index (κ2) is 5.30. The number of benzene rings is 1. The topological polar surface area (TPSA) is 52.6 Å². The molecule has 0 saturated carbocycles. The molecule has 1 aliphatic heterocycles. The van der Waals surface area contributed by atoms with Crippen molar-refractivity contribution >= 4 is 6.03 Å². The summed E-state index contributed by atoms with van der Waals surface area (Å²) in [6, 6.07) is 3.01. The summed E-state index contributed by atoms with van der Waals surface area (Å²) in [7, 11) is 0. The third-order valence-corrected chi connectivity index (χ3v) is 2.92. The van der Waals surface area contributed by atoms with Crippen molar-refractivity contribution < 1.29 is 18.7 Å². The molecular weight excluding hydrogens is 242 g/mol. The van der Waals surface area contributed by atoms with Gasteiger partial charge in [0, 0.05) is 19.7 Å². The van der Waals surface area contributed by atoms with Gasteiger partial charge in [0.25, 0.3) is 0 Å². The Morgan fingerprint density at radius 3 is 2.83 bits per heavy atom. The zero-order valence-corrected chi connectivity index (χ0v) is 9.70. The summed E-state index contributed by atoms with van der Waals surface area (Å²) in [5.41, 5.74) is 0.536. The van der Waals surface area contributed by atoms with E-state index in [4.69, 9.17) is 5.11 Å². The first-order valence-corrected chi connectivity index (χ1v) is 5.73. The molecule has 1 saturated heterocycles. The van der Waals surface area contributed by atoms with Crippen molar-refractivity contribution in [2.24, 2.45) is 0 Å². The van der Waals surface area contributed by atoms with Crippen LogP contribution in [-0.2, 0) is 0 Å². The summed E-state index contributed by atoms with van der Waals surface area (Å²) in [5, 5.41) is 11.4. The highest BCUT2D eigenvalue weighted by Gasteiger charge is 2.29. The Bertz CT molecular complexity index is 454. The molecule has 2 N–H and O–H groups in total.